The Hall–Kier alpha value is -2.34. The summed E-state index contributed by atoms with van der Waals surface area (Å²) in [5.41, 5.74) is 1.69. The number of carbonyl (C=O) groups is 2. The van der Waals surface area contributed by atoms with Crippen LogP contribution in [0, 0.1) is 5.82 Å². The van der Waals surface area contributed by atoms with Gasteiger partial charge in [0, 0.05) is 18.5 Å². The minimum Gasteiger partial charge on any atom is -0.343 e. The van der Waals surface area contributed by atoms with Crippen LogP contribution in [0.25, 0.3) is 0 Å². The van der Waals surface area contributed by atoms with Gasteiger partial charge in [0.15, 0.2) is 0 Å². The molecular weight excluding hydrogens is 339 g/mol. The number of nitrogens with one attached hydrogen (secondary N) is 1. The SMILES string of the molecule is CN(C(=O)C1CSC(Cc2ccc(F)cc2)C(=O)N1)c1ccccc1. The second kappa shape index (κ2) is 7.70. The van der Waals surface area contributed by atoms with Gasteiger partial charge in [-0.05, 0) is 36.2 Å². The van der Waals surface area contributed by atoms with E-state index >= 15 is 0 Å². The second-order valence-corrected chi connectivity index (χ2v) is 7.18. The normalized spacial score (nSPS) is 20.0. The lowest BCUT2D eigenvalue weighted by molar-refractivity contribution is -0.127. The van der Waals surface area contributed by atoms with Crippen molar-refractivity contribution in [3.8, 4) is 0 Å². The first kappa shape index (κ1) is 17.5. The molecule has 130 valence electrons. The Morgan fingerprint density at radius 1 is 1.20 bits per heavy atom. The van der Waals surface area contributed by atoms with Gasteiger partial charge in [-0.3, -0.25) is 9.59 Å². The minimum atomic E-state index is -0.535. The lowest BCUT2D eigenvalue weighted by atomic mass is 10.1. The maximum Gasteiger partial charge on any atom is 0.250 e. The summed E-state index contributed by atoms with van der Waals surface area (Å²) < 4.78 is 13.0. The van der Waals surface area contributed by atoms with E-state index in [9.17, 15) is 14.0 Å². The van der Waals surface area contributed by atoms with Gasteiger partial charge in [-0.1, -0.05) is 30.3 Å². The number of anilines is 1. The lowest BCUT2D eigenvalue weighted by Crippen LogP contribution is -2.54. The van der Waals surface area contributed by atoms with Crippen LogP contribution in [-0.2, 0) is 16.0 Å². The number of hydrogen-bond donors (Lipinski definition) is 1. The molecule has 2 amide bonds. The summed E-state index contributed by atoms with van der Waals surface area (Å²) in [5, 5.41) is 2.56. The first-order chi connectivity index (χ1) is 12.0. The van der Waals surface area contributed by atoms with Crippen molar-refractivity contribution in [1.82, 2.24) is 5.32 Å². The number of likely N-dealkylation sites (N-methyl/N-ethyl adjacent to an activating group) is 1. The third-order valence-electron chi connectivity index (χ3n) is 4.18. The number of benzene rings is 2. The number of rotatable bonds is 4. The molecule has 0 aromatic heterocycles. The van der Waals surface area contributed by atoms with E-state index in [1.54, 1.807) is 24.1 Å². The summed E-state index contributed by atoms with van der Waals surface area (Å²) in [6, 6.07) is 14.9. The molecule has 1 aliphatic heterocycles. The number of thioether (sulfide) groups is 1. The van der Waals surface area contributed by atoms with Crippen molar-refractivity contribution < 1.29 is 14.0 Å². The minimum absolute atomic E-state index is 0.132. The molecule has 0 spiro atoms. The summed E-state index contributed by atoms with van der Waals surface area (Å²) >= 11 is 1.47. The number of halogens is 1. The first-order valence-corrected chi connectivity index (χ1v) is 9.08. The van der Waals surface area contributed by atoms with Gasteiger partial charge in [0.1, 0.15) is 11.9 Å². The molecule has 6 heteroatoms. The van der Waals surface area contributed by atoms with E-state index in [0.717, 1.165) is 11.3 Å². The largest absolute Gasteiger partial charge is 0.343 e. The predicted molar refractivity (Wildman–Crippen MR) is 98.1 cm³/mol. The number of carbonyl (C=O) groups excluding carboxylic acids is 2. The van der Waals surface area contributed by atoms with Crippen molar-refractivity contribution in [2.45, 2.75) is 17.7 Å². The molecule has 1 fully saturated rings. The van der Waals surface area contributed by atoms with Crippen LogP contribution in [0.4, 0.5) is 10.1 Å². The fourth-order valence-corrected chi connectivity index (χ4v) is 3.91. The van der Waals surface area contributed by atoms with Crippen molar-refractivity contribution in [2.75, 3.05) is 17.7 Å². The molecule has 2 aromatic carbocycles. The first-order valence-electron chi connectivity index (χ1n) is 8.03. The van der Waals surface area contributed by atoms with Crippen LogP contribution in [0.5, 0.6) is 0 Å². The second-order valence-electron chi connectivity index (χ2n) is 5.95. The number of hydrogen-bond acceptors (Lipinski definition) is 3. The Labute approximate surface area is 150 Å². The van der Waals surface area contributed by atoms with Gasteiger partial charge >= 0.3 is 0 Å². The van der Waals surface area contributed by atoms with E-state index in [4.69, 9.17) is 0 Å². The Bertz CT molecular complexity index is 752. The van der Waals surface area contributed by atoms with Gasteiger partial charge in [-0.15, -0.1) is 11.8 Å². The molecule has 0 saturated carbocycles. The van der Waals surface area contributed by atoms with Gasteiger partial charge < -0.3 is 10.2 Å². The van der Waals surface area contributed by atoms with Crippen LogP contribution < -0.4 is 10.2 Å². The van der Waals surface area contributed by atoms with Crippen molar-refractivity contribution in [3.05, 3.63) is 66.0 Å². The molecule has 1 aliphatic rings. The highest BCUT2D eigenvalue weighted by molar-refractivity contribution is 8.00. The molecule has 0 bridgehead atoms. The lowest BCUT2D eigenvalue weighted by Gasteiger charge is -2.30. The summed E-state index contributed by atoms with van der Waals surface area (Å²) in [6.45, 7) is 0. The average Bonchev–Trinajstić information content (AvgIpc) is 2.64. The molecule has 2 aromatic rings. The molecule has 0 radical (unpaired) electrons. The third-order valence-corrected chi connectivity index (χ3v) is 5.49. The molecular formula is C19H19FN2O2S. The van der Waals surface area contributed by atoms with Gasteiger partial charge in [-0.25, -0.2) is 4.39 Å². The summed E-state index contributed by atoms with van der Waals surface area (Å²) in [6.07, 6.45) is 0.520. The smallest absolute Gasteiger partial charge is 0.250 e. The highest BCUT2D eigenvalue weighted by Crippen LogP contribution is 2.24. The zero-order valence-electron chi connectivity index (χ0n) is 13.8. The molecule has 2 unspecified atom stereocenters. The third kappa shape index (κ3) is 4.20. The average molecular weight is 358 g/mol. The molecule has 4 nitrogen and oxygen atoms in total. The maximum absolute atomic E-state index is 13.0. The summed E-state index contributed by atoms with van der Waals surface area (Å²) in [7, 11) is 1.71. The quantitative estimate of drug-likeness (QED) is 0.914. The van der Waals surface area contributed by atoms with E-state index in [0.29, 0.717) is 12.2 Å². The molecule has 0 aliphatic carbocycles. The van der Waals surface area contributed by atoms with Crippen LogP contribution in [0.15, 0.2) is 54.6 Å². The fourth-order valence-electron chi connectivity index (χ4n) is 2.73. The molecule has 1 heterocycles. The highest BCUT2D eigenvalue weighted by Gasteiger charge is 2.33. The number of nitrogens with zero attached hydrogens (tertiary/aromatic N) is 1. The van der Waals surface area contributed by atoms with E-state index in [1.807, 2.05) is 30.3 Å². The van der Waals surface area contributed by atoms with Crippen molar-refractivity contribution in [1.29, 1.82) is 0 Å². The van der Waals surface area contributed by atoms with E-state index in [-0.39, 0.29) is 22.9 Å². The molecule has 25 heavy (non-hydrogen) atoms. The van der Waals surface area contributed by atoms with E-state index in [1.165, 1.54) is 23.9 Å². The number of para-hydroxylation sites is 1. The molecule has 3 rings (SSSR count). The zero-order chi connectivity index (χ0) is 17.8. The van der Waals surface area contributed by atoms with Crippen LogP contribution in [0.1, 0.15) is 5.56 Å². The molecule has 1 N–H and O–H groups in total. The van der Waals surface area contributed by atoms with Crippen molar-refractivity contribution >= 4 is 29.3 Å². The Kier molecular flexibility index (Phi) is 5.38. The highest BCUT2D eigenvalue weighted by atomic mass is 32.2. The van der Waals surface area contributed by atoms with Crippen molar-refractivity contribution in [2.24, 2.45) is 0 Å². The zero-order valence-corrected chi connectivity index (χ0v) is 14.6. The molecule has 1 saturated heterocycles. The van der Waals surface area contributed by atoms with Gasteiger partial charge in [0.05, 0.1) is 5.25 Å². The molecule has 2 atom stereocenters. The topological polar surface area (TPSA) is 49.4 Å². The Morgan fingerprint density at radius 2 is 1.88 bits per heavy atom. The Morgan fingerprint density at radius 3 is 2.52 bits per heavy atom. The van der Waals surface area contributed by atoms with E-state index < -0.39 is 6.04 Å². The summed E-state index contributed by atoms with van der Waals surface area (Å²) in [4.78, 5) is 26.5. The maximum atomic E-state index is 13.0. The van der Waals surface area contributed by atoms with Crippen LogP contribution >= 0.6 is 11.8 Å². The van der Waals surface area contributed by atoms with Crippen LogP contribution in [0.3, 0.4) is 0 Å². The van der Waals surface area contributed by atoms with E-state index in [2.05, 4.69) is 5.32 Å². The predicted octanol–water partition coefficient (Wildman–Crippen LogP) is 2.63. The van der Waals surface area contributed by atoms with Crippen LogP contribution in [0.2, 0.25) is 0 Å². The number of amides is 2. The standard InChI is InChI=1S/C19H19FN2O2S/c1-22(15-5-3-2-4-6-15)19(24)16-12-25-17(18(23)21-16)11-13-7-9-14(20)10-8-13/h2-10,16-17H,11-12H2,1H3,(H,21,23). The van der Waals surface area contributed by atoms with Crippen molar-refractivity contribution in [3.63, 3.8) is 0 Å². The van der Waals surface area contributed by atoms with Gasteiger partial charge in [-0.2, -0.15) is 0 Å². The van der Waals surface area contributed by atoms with Gasteiger partial charge in [0.25, 0.3) is 0 Å². The fraction of sp³-hybridized carbons (Fsp3) is 0.263. The van der Waals surface area contributed by atoms with Crippen LogP contribution in [-0.4, -0.2) is 35.9 Å². The van der Waals surface area contributed by atoms with Gasteiger partial charge in [0.2, 0.25) is 11.8 Å². The summed E-state index contributed by atoms with van der Waals surface area (Å²) in [5.74, 6) is -0.0556. The Balaban J connectivity index is 1.60. The monoisotopic (exact) mass is 358 g/mol.